The molecule has 0 saturated carbocycles. The predicted molar refractivity (Wildman–Crippen MR) is 66.4 cm³/mol. The van der Waals surface area contributed by atoms with Crippen LogP contribution in [0.1, 0.15) is 18.6 Å². The Morgan fingerprint density at radius 2 is 2.18 bits per heavy atom. The number of hydrogen-bond donors (Lipinski definition) is 1. The molecular weight excluding hydrogens is 238 g/mol. The van der Waals surface area contributed by atoms with Gasteiger partial charge in [0.1, 0.15) is 0 Å². The van der Waals surface area contributed by atoms with E-state index in [9.17, 15) is 4.79 Å². The lowest BCUT2D eigenvalue weighted by molar-refractivity contribution is -0.146. The van der Waals surface area contributed by atoms with E-state index in [1.165, 1.54) is 0 Å². The summed E-state index contributed by atoms with van der Waals surface area (Å²) in [6.45, 7) is 2.11. The van der Waals surface area contributed by atoms with E-state index in [0.29, 0.717) is 6.61 Å². The Hall–Kier alpha value is -1.62. The maximum absolute atomic E-state index is 11.8. The van der Waals surface area contributed by atoms with Gasteiger partial charge in [0.15, 0.2) is 12.1 Å². The summed E-state index contributed by atoms with van der Waals surface area (Å²) >= 11 is 4.94. The van der Waals surface area contributed by atoms with Gasteiger partial charge in [-0.3, -0.25) is 0 Å². The van der Waals surface area contributed by atoms with E-state index >= 15 is 0 Å². The molecule has 1 aromatic carbocycles. The van der Waals surface area contributed by atoms with E-state index < -0.39 is 12.1 Å². The average molecular weight is 251 g/mol. The van der Waals surface area contributed by atoms with Crippen LogP contribution < -0.4 is 5.32 Å². The SMILES string of the molecule is CCOC(=O)C1NC(=S)OC1c1ccccc1. The van der Waals surface area contributed by atoms with Crippen LogP contribution in [0, 0.1) is 0 Å². The molecule has 0 radical (unpaired) electrons. The zero-order valence-corrected chi connectivity index (χ0v) is 10.2. The van der Waals surface area contributed by atoms with Crippen LogP contribution in [0.25, 0.3) is 0 Å². The molecule has 0 amide bonds. The van der Waals surface area contributed by atoms with Gasteiger partial charge in [0.05, 0.1) is 6.61 Å². The molecule has 5 heteroatoms. The van der Waals surface area contributed by atoms with Crippen molar-refractivity contribution in [1.29, 1.82) is 0 Å². The van der Waals surface area contributed by atoms with Gasteiger partial charge in [0.25, 0.3) is 5.17 Å². The van der Waals surface area contributed by atoms with Gasteiger partial charge < -0.3 is 14.8 Å². The number of carbonyl (C=O) groups excluding carboxylic acids is 1. The first-order valence-electron chi connectivity index (χ1n) is 5.41. The summed E-state index contributed by atoms with van der Waals surface area (Å²) in [7, 11) is 0. The number of esters is 1. The maximum atomic E-state index is 11.8. The van der Waals surface area contributed by atoms with Gasteiger partial charge >= 0.3 is 5.97 Å². The number of hydrogen-bond acceptors (Lipinski definition) is 4. The largest absolute Gasteiger partial charge is 0.464 e. The fourth-order valence-corrected chi connectivity index (χ4v) is 1.97. The number of carbonyl (C=O) groups is 1. The van der Waals surface area contributed by atoms with Crippen LogP contribution in [0.4, 0.5) is 0 Å². The van der Waals surface area contributed by atoms with Crippen molar-refractivity contribution in [3.63, 3.8) is 0 Å². The third-order valence-corrected chi connectivity index (χ3v) is 2.69. The second kappa shape index (κ2) is 5.14. The zero-order valence-electron chi connectivity index (χ0n) is 9.38. The Bertz CT molecular complexity index is 421. The van der Waals surface area contributed by atoms with E-state index in [0.717, 1.165) is 5.56 Å². The van der Waals surface area contributed by atoms with E-state index in [1.807, 2.05) is 30.3 Å². The van der Waals surface area contributed by atoms with E-state index in [2.05, 4.69) is 5.32 Å². The van der Waals surface area contributed by atoms with Gasteiger partial charge in [-0.05, 0) is 24.7 Å². The first-order chi connectivity index (χ1) is 8.22. The summed E-state index contributed by atoms with van der Waals surface area (Å²) in [5.41, 5.74) is 0.901. The standard InChI is InChI=1S/C12H13NO3S/c1-2-15-11(14)9-10(16-12(17)13-9)8-6-4-3-5-7-8/h3-7,9-10H,2H2,1H3,(H,13,17). The Morgan fingerprint density at radius 3 is 2.82 bits per heavy atom. The van der Waals surface area contributed by atoms with Crippen molar-refractivity contribution in [2.45, 2.75) is 19.1 Å². The quantitative estimate of drug-likeness (QED) is 0.652. The fraction of sp³-hybridized carbons (Fsp3) is 0.333. The normalized spacial score (nSPS) is 22.8. The molecular formula is C12H13NO3S. The highest BCUT2D eigenvalue weighted by Crippen LogP contribution is 2.26. The van der Waals surface area contributed by atoms with Crippen LogP contribution in [0.5, 0.6) is 0 Å². The van der Waals surface area contributed by atoms with Gasteiger partial charge in [-0.25, -0.2) is 4.79 Å². The summed E-state index contributed by atoms with van der Waals surface area (Å²) in [5, 5.41) is 3.05. The van der Waals surface area contributed by atoms with Crippen molar-refractivity contribution in [3.05, 3.63) is 35.9 Å². The van der Waals surface area contributed by atoms with Crippen molar-refractivity contribution in [1.82, 2.24) is 5.32 Å². The average Bonchev–Trinajstić information content (AvgIpc) is 2.73. The summed E-state index contributed by atoms with van der Waals surface area (Å²) < 4.78 is 10.4. The maximum Gasteiger partial charge on any atom is 0.332 e. The Labute approximate surface area is 105 Å². The lowest BCUT2D eigenvalue weighted by Gasteiger charge is -2.15. The molecule has 1 fully saturated rings. The van der Waals surface area contributed by atoms with Crippen molar-refractivity contribution >= 4 is 23.4 Å². The molecule has 0 aliphatic carbocycles. The second-order valence-corrected chi connectivity index (χ2v) is 3.98. The molecule has 1 aromatic rings. The molecule has 0 spiro atoms. The number of ether oxygens (including phenoxy) is 2. The van der Waals surface area contributed by atoms with Crippen molar-refractivity contribution in [2.24, 2.45) is 0 Å². The molecule has 2 rings (SSSR count). The molecule has 2 unspecified atom stereocenters. The molecule has 0 bridgehead atoms. The monoisotopic (exact) mass is 251 g/mol. The molecule has 2 atom stereocenters. The topological polar surface area (TPSA) is 47.6 Å². The predicted octanol–water partition coefficient (Wildman–Crippen LogP) is 1.56. The summed E-state index contributed by atoms with van der Waals surface area (Å²) in [5.74, 6) is -0.346. The number of thiocarbonyl (C=S) groups is 1. The lowest BCUT2D eigenvalue weighted by Crippen LogP contribution is -2.37. The van der Waals surface area contributed by atoms with Crippen LogP contribution in [0.3, 0.4) is 0 Å². The molecule has 1 aliphatic rings. The van der Waals surface area contributed by atoms with E-state index in [-0.39, 0.29) is 11.1 Å². The van der Waals surface area contributed by atoms with E-state index in [1.54, 1.807) is 6.92 Å². The third-order valence-electron chi connectivity index (χ3n) is 2.48. The van der Waals surface area contributed by atoms with Gasteiger partial charge in [-0.1, -0.05) is 30.3 Å². The summed E-state index contributed by atoms with van der Waals surface area (Å²) in [6, 6.07) is 8.91. The molecule has 1 saturated heterocycles. The first kappa shape index (κ1) is 11.9. The van der Waals surface area contributed by atoms with Crippen molar-refractivity contribution in [3.8, 4) is 0 Å². The molecule has 1 N–H and O–H groups in total. The molecule has 1 aliphatic heterocycles. The molecule has 90 valence electrons. The lowest BCUT2D eigenvalue weighted by atomic mass is 10.0. The third kappa shape index (κ3) is 2.55. The van der Waals surface area contributed by atoms with Gasteiger partial charge in [0, 0.05) is 0 Å². The minimum Gasteiger partial charge on any atom is -0.464 e. The highest BCUT2D eigenvalue weighted by molar-refractivity contribution is 7.80. The Kier molecular flexibility index (Phi) is 3.58. The van der Waals surface area contributed by atoms with Gasteiger partial charge in [-0.2, -0.15) is 0 Å². The number of benzene rings is 1. The van der Waals surface area contributed by atoms with E-state index in [4.69, 9.17) is 21.7 Å². The first-order valence-corrected chi connectivity index (χ1v) is 5.82. The minimum atomic E-state index is -0.565. The van der Waals surface area contributed by atoms with Crippen LogP contribution >= 0.6 is 12.2 Å². The number of nitrogens with one attached hydrogen (secondary N) is 1. The summed E-state index contributed by atoms with van der Waals surface area (Å²) in [4.78, 5) is 11.8. The molecule has 4 nitrogen and oxygen atoms in total. The molecule has 0 aromatic heterocycles. The number of rotatable bonds is 3. The van der Waals surface area contributed by atoms with Gasteiger partial charge in [0.2, 0.25) is 0 Å². The van der Waals surface area contributed by atoms with Crippen molar-refractivity contribution in [2.75, 3.05) is 6.61 Å². The smallest absolute Gasteiger partial charge is 0.332 e. The minimum absolute atomic E-state index is 0.233. The molecule has 17 heavy (non-hydrogen) atoms. The van der Waals surface area contributed by atoms with Crippen LogP contribution in [0.15, 0.2) is 30.3 Å². The Balaban J connectivity index is 2.20. The highest BCUT2D eigenvalue weighted by Gasteiger charge is 2.39. The fourth-order valence-electron chi connectivity index (χ4n) is 1.74. The van der Waals surface area contributed by atoms with Crippen LogP contribution in [0.2, 0.25) is 0 Å². The molecule has 1 heterocycles. The highest BCUT2D eigenvalue weighted by atomic mass is 32.1. The zero-order chi connectivity index (χ0) is 12.3. The summed E-state index contributed by atoms with van der Waals surface area (Å²) in [6.07, 6.45) is -0.414. The van der Waals surface area contributed by atoms with Crippen LogP contribution in [-0.4, -0.2) is 23.8 Å². The van der Waals surface area contributed by atoms with Gasteiger partial charge in [-0.15, -0.1) is 0 Å². The van der Waals surface area contributed by atoms with Crippen molar-refractivity contribution < 1.29 is 14.3 Å². The van der Waals surface area contributed by atoms with Crippen LogP contribution in [-0.2, 0) is 14.3 Å². The second-order valence-electron chi connectivity index (χ2n) is 3.61. The Morgan fingerprint density at radius 1 is 1.47 bits per heavy atom.